The number of aromatic nitrogens is 3. The van der Waals surface area contributed by atoms with Gasteiger partial charge in [0.25, 0.3) is 5.56 Å². The summed E-state index contributed by atoms with van der Waals surface area (Å²) in [5.74, 6) is 0. The lowest BCUT2D eigenvalue weighted by Crippen LogP contribution is -2.23. The molecule has 0 radical (unpaired) electrons. The van der Waals surface area contributed by atoms with Gasteiger partial charge in [-0.05, 0) is 25.1 Å². The largest absolute Gasteiger partial charge is 0.292 e. The first-order valence-corrected chi connectivity index (χ1v) is 9.93. The molecular formula is C16H13Cl2N3O3S. The average molecular weight is 398 g/mol. The minimum atomic E-state index is -3.59. The standard InChI is InChI=1S/C16H13Cl2N3O3S/c1-3-21-14-9(8-19-16(20-14)25(2,23)24)7-10(15(21)22)13-11(17)5-4-6-12(13)18/h4-8H,3H2,1-2H3. The van der Waals surface area contributed by atoms with Crippen LogP contribution in [0.25, 0.3) is 22.2 Å². The van der Waals surface area contributed by atoms with Crippen LogP contribution in [0.4, 0.5) is 0 Å². The maximum Gasteiger partial charge on any atom is 0.260 e. The lowest BCUT2D eigenvalue weighted by Gasteiger charge is -2.12. The molecule has 0 bridgehead atoms. The minimum Gasteiger partial charge on any atom is -0.292 e. The van der Waals surface area contributed by atoms with Gasteiger partial charge in [-0.15, -0.1) is 0 Å². The Hall–Kier alpha value is -1.96. The number of hydrogen-bond acceptors (Lipinski definition) is 5. The maximum atomic E-state index is 12.9. The molecule has 0 spiro atoms. The monoisotopic (exact) mass is 397 g/mol. The van der Waals surface area contributed by atoms with Crippen LogP contribution in [-0.4, -0.2) is 29.2 Å². The van der Waals surface area contributed by atoms with Gasteiger partial charge in [0, 0.05) is 29.9 Å². The number of nitrogens with zero attached hydrogens (tertiary/aromatic N) is 3. The summed E-state index contributed by atoms with van der Waals surface area (Å²) >= 11 is 12.4. The molecule has 0 aliphatic rings. The fraction of sp³-hybridized carbons (Fsp3) is 0.188. The van der Waals surface area contributed by atoms with Gasteiger partial charge < -0.3 is 0 Å². The normalized spacial score (nSPS) is 11.8. The Morgan fingerprint density at radius 1 is 1.20 bits per heavy atom. The maximum absolute atomic E-state index is 12.9. The van der Waals surface area contributed by atoms with Crippen molar-refractivity contribution in [1.29, 1.82) is 0 Å². The van der Waals surface area contributed by atoms with Crippen molar-refractivity contribution in [2.45, 2.75) is 18.6 Å². The van der Waals surface area contributed by atoms with Crippen molar-refractivity contribution in [2.75, 3.05) is 6.26 Å². The molecular weight excluding hydrogens is 385 g/mol. The van der Waals surface area contributed by atoms with Crippen LogP contribution in [0.5, 0.6) is 0 Å². The van der Waals surface area contributed by atoms with Crippen LogP contribution in [0, 0.1) is 0 Å². The summed E-state index contributed by atoms with van der Waals surface area (Å²) < 4.78 is 24.8. The summed E-state index contributed by atoms with van der Waals surface area (Å²) in [6, 6.07) is 6.55. The summed E-state index contributed by atoms with van der Waals surface area (Å²) in [7, 11) is -3.59. The summed E-state index contributed by atoms with van der Waals surface area (Å²) in [5, 5.41) is 0.880. The molecule has 9 heteroatoms. The fourth-order valence-electron chi connectivity index (χ4n) is 2.55. The van der Waals surface area contributed by atoms with Crippen LogP contribution in [0.2, 0.25) is 10.0 Å². The van der Waals surface area contributed by atoms with Crippen LogP contribution in [0.15, 0.2) is 40.4 Å². The quantitative estimate of drug-likeness (QED) is 0.633. The van der Waals surface area contributed by atoms with Crippen molar-refractivity contribution in [3.05, 3.63) is 50.9 Å². The Balaban J connectivity index is 2.42. The van der Waals surface area contributed by atoms with E-state index in [0.717, 1.165) is 6.26 Å². The SMILES string of the molecule is CCn1c(=O)c(-c2c(Cl)cccc2Cl)cc2cnc(S(C)(=O)=O)nc21. The summed E-state index contributed by atoms with van der Waals surface area (Å²) in [5.41, 5.74) is 0.616. The number of fused-ring (bicyclic) bond motifs is 1. The molecule has 3 rings (SSSR count). The van der Waals surface area contributed by atoms with Crippen LogP contribution in [-0.2, 0) is 16.4 Å². The molecule has 1 aromatic carbocycles. The van der Waals surface area contributed by atoms with Crippen molar-refractivity contribution in [1.82, 2.24) is 14.5 Å². The molecule has 0 atom stereocenters. The molecule has 0 amide bonds. The third-order valence-electron chi connectivity index (χ3n) is 3.68. The van der Waals surface area contributed by atoms with Gasteiger partial charge in [0.15, 0.2) is 0 Å². The molecule has 25 heavy (non-hydrogen) atoms. The van der Waals surface area contributed by atoms with Crippen molar-refractivity contribution >= 4 is 44.1 Å². The zero-order chi connectivity index (χ0) is 18.4. The molecule has 3 aromatic rings. The number of rotatable bonds is 3. The van der Waals surface area contributed by atoms with Gasteiger partial charge in [0.2, 0.25) is 15.0 Å². The Kier molecular flexibility index (Phi) is 4.57. The smallest absolute Gasteiger partial charge is 0.260 e. The van der Waals surface area contributed by atoms with Gasteiger partial charge in [-0.1, -0.05) is 29.3 Å². The molecule has 130 valence electrons. The van der Waals surface area contributed by atoms with Crippen molar-refractivity contribution in [3.8, 4) is 11.1 Å². The predicted molar refractivity (Wildman–Crippen MR) is 98.0 cm³/mol. The highest BCUT2D eigenvalue weighted by atomic mass is 35.5. The Morgan fingerprint density at radius 2 is 1.84 bits per heavy atom. The van der Waals surface area contributed by atoms with E-state index >= 15 is 0 Å². The van der Waals surface area contributed by atoms with Gasteiger partial charge in [0.1, 0.15) is 5.65 Å². The number of hydrogen-bond donors (Lipinski definition) is 0. The summed E-state index contributed by atoms with van der Waals surface area (Å²) in [6.45, 7) is 2.06. The molecule has 0 saturated carbocycles. The third kappa shape index (κ3) is 3.15. The van der Waals surface area contributed by atoms with Crippen LogP contribution in [0.1, 0.15) is 6.92 Å². The highest BCUT2D eigenvalue weighted by Crippen LogP contribution is 2.33. The second-order valence-electron chi connectivity index (χ2n) is 5.41. The lowest BCUT2D eigenvalue weighted by molar-refractivity contribution is 0.593. The number of sulfone groups is 1. The molecule has 6 nitrogen and oxygen atoms in total. The van der Waals surface area contributed by atoms with E-state index in [1.165, 1.54) is 10.8 Å². The summed E-state index contributed by atoms with van der Waals surface area (Å²) in [4.78, 5) is 20.9. The first-order chi connectivity index (χ1) is 11.7. The van der Waals surface area contributed by atoms with Gasteiger partial charge >= 0.3 is 0 Å². The molecule has 0 aliphatic carbocycles. The predicted octanol–water partition coefficient (Wildman–Crippen LogP) is 3.19. The molecule has 0 fully saturated rings. The lowest BCUT2D eigenvalue weighted by atomic mass is 10.1. The average Bonchev–Trinajstić information content (AvgIpc) is 2.54. The van der Waals surface area contributed by atoms with E-state index in [9.17, 15) is 13.2 Å². The molecule has 2 aromatic heterocycles. The molecule has 0 unspecified atom stereocenters. The van der Waals surface area contributed by atoms with Crippen molar-refractivity contribution < 1.29 is 8.42 Å². The van der Waals surface area contributed by atoms with E-state index in [0.29, 0.717) is 33.1 Å². The summed E-state index contributed by atoms with van der Waals surface area (Å²) in [6.07, 6.45) is 2.39. The van der Waals surface area contributed by atoms with E-state index in [1.807, 2.05) is 0 Å². The number of aryl methyl sites for hydroxylation is 1. The third-order valence-corrected chi connectivity index (χ3v) is 5.17. The zero-order valence-electron chi connectivity index (χ0n) is 13.3. The highest BCUT2D eigenvalue weighted by Gasteiger charge is 2.18. The highest BCUT2D eigenvalue weighted by molar-refractivity contribution is 7.90. The Labute approximate surface area is 154 Å². The minimum absolute atomic E-state index is 0.245. The first-order valence-electron chi connectivity index (χ1n) is 7.29. The van der Waals surface area contributed by atoms with Crippen molar-refractivity contribution in [3.63, 3.8) is 0 Å². The van der Waals surface area contributed by atoms with Crippen LogP contribution >= 0.6 is 23.2 Å². The van der Waals surface area contributed by atoms with Gasteiger partial charge in [-0.3, -0.25) is 9.36 Å². The molecule has 2 heterocycles. The second kappa shape index (κ2) is 6.40. The molecule has 0 aliphatic heterocycles. The molecule has 0 N–H and O–H groups in total. The van der Waals surface area contributed by atoms with E-state index in [-0.39, 0.29) is 16.4 Å². The fourth-order valence-corrected chi connectivity index (χ4v) is 3.65. The van der Waals surface area contributed by atoms with Crippen LogP contribution < -0.4 is 5.56 Å². The first kappa shape index (κ1) is 17.8. The van der Waals surface area contributed by atoms with E-state index in [4.69, 9.17) is 23.2 Å². The Morgan fingerprint density at radius 3 is 2.40 bits per heavy atom. The topological polar surface area (TPSA) is 81.9 Å². The van der Waals surface area contributed by atoms with Gasteiger partial charge in [-0.2, -0.15) is 4.98 Å². The Bertz CT molecular complexity index is 1140. The van der Waals surface area contributed by atoms with Gasteiger partial charge in [-0.25, -0.2) is 13.4 Å². The number of benzene rings is 1. The van der Waals surface area contributed by atoms with Gasteiger partial charge in [0.05, 0.1) is 15.6 Å². The molecule has 0 saturated heterocycles. The van der Waals surface area contributed by atoms with E-state index in [1.54, 1.807) is 31.2 Å². The number of pyridine rings is 1. The zero-order valence-corrected chi connectivity index (χ0v) is 15.7. The number of halogens is 2. The van der Waals surface area contributed by atoms with Crippen molar-refractivity contribution in [2.24, 2.45) is 0 Å². The van der Waals surface area contributed by atoms with E-state index < -0.39 is 9.84 Å². The van der Waals surface area contributed by atoms with Crippen LogP contribution in [0.3, 0.4) is 0 Å². The van der Waals surface area contributed by atoms with E-state index in [2.05, 4.69) is 9.97 Å². The second-order valence-corrected chi connectivity index (χ2v) is 8.13.